The molecule has 2 heteroatoms. The molecule has 1 aliphatic carbocycles. The van der Waals surface area contributed by atoms with Crippen LogP contribution in [0.1, 0.15) is 78.6 Å². The van der Waals surface area contributed by atoms with Crippen LogP contribution in [0.15, 0.2) is 0 Å². The van der Waals surface area contributed by atoms with Crippen LogP contribution in [0.2, 0.25) is 0 Å². The largest absolute Gasteiger partial charge is 0.389 e. The quantitative estimate of drug-likeness (QED) is 0.725. The van der Waals surface area contributed by atoms with Crippen LogP contribution < -0.4 is 5.73 Å². The highest BCUT2D eigenvalue weighted by atomic mass is 16.3. The number of hydrogen-bond donors (Lipinski definition) is 2. The number of aliphatic hydroxyl groups is 1. The maximum Gasteiger partial charge on any atom is 0.0715 e. The Hall–Kier alpha value is -0.0800. The minimum absolute atomic E-state index is 0.0159. The fourth-order valence-electron chi connectivity index (χ4n) is 4.11. The first kappa shape index (κ1) is 16.0. The predicted molar refractivity (Wildman–Crippen MR) is 78.5 cm³/mol. The highest BCUT2D eigenvalue weighted by Gasteiger charge is 2.49. The molecule has 0 bridgehead atoms. The lowest BCUT2D eigenvalue weighted by Gasteiger charge is -2.51. The van der Waals surface area contributed by atoms with Crippen molar-refractivity contribution in [3.63, 3.8) is 0 Å². The van der Waals surface area contributed by atoms with Gasteiger partial charge in [-0.25, -0.2) is 0 Å². The Bertz CT molecular complexity index is 235. The summed E-state index contributed by atoms with van der Waals surface area (Å²) >= 11 is 0. The average molecular weight is 255 g/mol. The van der Waals surface area contributed by atoms with E-state index in [1.165, 1.54) is 19.3 Å². The van der Waals surface area contributed by atoms with Crippen LogP contribution in [0.25, 0.3) is 0 Å². The lowest BCUT2D eigenvalue weighted by atomic mass is 9.58. The Morgan fingerprint density at radius 2 is 1.83 bits per heavy atom. The molecule has 2 unspecified atom stereocenters. The molecule has 0 saturated heterocycles. The molecule has 1 aliphatic rings. The van der Waals surface area contributed by atoms with E-state index in [4.69, 9.17) is 5.73 Å². The Kier molecular flexibility index (Phi) is 6.13. The molecule has 0 spiro atoms. The molecule has 108 valence electrons. The van der Waals surface area contributed by atoms with Gasteiger partial charge in [0.15, 0.2) is 0 Å². The van der Waals surface area contributed by atoms with Crippen molar-refractivity contribution in [3.05, 3.63) is 0 Å². The van der Waals surface area contributed by atoms with Gasteiger partial charge >= 0.3 is 0 Å². The molecule has 0 aromatic rings. The molecule has 2 nitrogen and oxygen atoms in total. The van der Waals surface area contributed by atoms with Gasteiger partial charge in [0, 0.05) is 12.0 Å². The van der Waals surface area contributed by atoms with Gasteiger partial charge in [-0.1, -0.05) is 52.9 Å². The van der Waals surface area contributed by atoms with Crippen molar-refractivity contribution in [1.29, 1.82) is 0 Å². The summed E-state index contributed by atoms with van der Waals surface area (Å²) in [7, 11) is 0. The fraction of sp³-hybridized carbons (Fsp3) is 1.00. The van der Waals surface area contributed by atoms with Crippen LogP contribution in [0, 0.1) is 11.3 Å². The third-order valence-corrected chi connectivity index (χ3v) is 5.23. The van der Waals surface area contributed by atoms with Crippen LogP contribution in [0.3, 0.4) is 0 Å². The minimum Gasteiger partial charge on any atom is -0.389 e. The van der Waals surface area contributed by atoms with Gasteiger partial charge in [-0.3, -0.25) is 0 Å². The lowest BCUT2D eigenvalue weighted by molar-refractivity contribution is -0.120. The Labute approximate surface area is 113 Å². The van der Waals surface area contributed by atoms with Gasteiger partial charge in [-0.05, 0) is 31.6 Å². The molecule has 2 atom stereocenters. The summed E-state index contributed by atoms with van der Waals surface area (Å²) in [6, 6.07) is 0. The van der Waals surface area contributed by atoms with Gasteiger partial charge in [0.05, 0.1) is 5.60 Å². The zero-order valence-electron chi connectivity index (χ0n) is 12.7. The summed E-state index contributed by atoms with van der Waals surface area (Å²) in [6.45, 7) is 7.27. The topological polar surface area (TPSA) is 46.2 Å². The predicted octanol–water partition coefficient (Wildman–Crippen LogP) is 3.86. The molecular weight excluding hydrogens is 222 g/mol. The van der Waals surface area contributed by atoms with E-state index in [0.717, 1.165) is 44.4 Å². The fourth-order valence-corrected chi connectivity index (χ4v) is 4.11. The second-order valence-corrected chi connectivity index (χ2v) is 6.39. The minimum atomic E-state index is -0.529. The van der Waals surface area contributed by atoms with Crippen molar-refractivity contribution in [2.75, 3.05) is 6.54 Å². The van der Waals surface area contributed by atoms with Crippen molar-refractivity contribution in [1.82, 2.24) is 0 Å². The first-order chi connectivity index (χ1) is 8.57. The maximum atomic E-state index is 11.2. The Balaban J connectivity index is 2.94. The molecule has 0 amide bonds. The highest BCUT2D eigenvalue weighted by Crippen LogP contribution is 2.50. The van der Waals surface area contributed by atoms with Gasteiger partial charge in [-0.2, -0.15) is 0 Å². The SMILES string of the molecule is CCCC(O)(CCC)C1(CN)CCCC(CC)C1. The molecule has 0 aromatic carbocycles. The zero-order valence-corrected chi connectivity index (χ0v) is 12.7. The maximum absolute atomic E-state index is 11.2. The Morgan fingerprint density at radius 3 is 2.28 bits per heavy atom. The van der Waals surface area contributed by atoms with Crippen molar-refractivity contribution < 1.29 is 5.11 Å². The van der Waals surface area contributed by atoms with E-state index in [1.807, 2.05) is 0 Å². The van der Waals surface area contributed by atoms with Gasteiger partial charge in [-0.15, -0.1) is 0 Å². The smallest absolute Gasteiger partial charge is 0.0715 e. The highest BCUT2D eigenvalue weighted by molar-refractivity contribution is 5.02. The molecule has 0 radical (unpaired) electrons. The number of rotatable bonds is 7. The molecule has 0 heterocycles. The van der Waals surface area contributed by atoms with E-state index in [9.17, 15) is 5.11 Å². The second-order valence-electron chi connectivity index (χ2n) is 6.39. The monoisotopic (exact) mass is 255 g/mol. The summed E-state index contributed by atoms with van der Waals surface area (Å²) in [5.74, 6) is 0.766. The van der Waals surface area contributed by atoms with E-state index < -0.39 is 5.60 Å². The van der Waals surface area contributed by atoms with Crippen LogP contribution in [-0.4, -0.2) is 17.3 Å². The van der Waals surface area contributed by atoms with Gasteiger partial charge in [0.2, 0.25) is 0 Å². The van der Waals surface area contributed by atoms with Gasteiger partial charge in [0.1, 0.15) is 0 Å². The first-order valence-electron chi connectivity index (χ1n) is 8.00. The van der Waals surface area contributed by atoms with E-state index >= 15 is 0 Å². The van der Waals surface area contributed by atoms with Crippen LogP contribution in [0.4, 0.5) is 0 Å². The first-order valence-corrected chi connectivity index (χ1v) is 8.00. The zero-order chi connectivity index (χ0) is 13.6. The van der Waals surface area contributed by atoms with Crippen LogP contribution >= 0.6 is 0 Å². The van der Waals surface area contributed by atoms with E-state index in [2.05, 4.69) is 20.8 Å². The number of nitrogens with two attached hydrogens (primary N) is 1. The van der Waals surface area contributed by atoms with E-state index in [1.54, 1.807) is 0 Å². The standard InChI is InChI=1S/C16H33NO/c1-4-9-16(18,10-5-2)15(13-17)11-7-8-14(6-3)12-15/h14,18H,4-13,17H2,1-3H3. The van der Waals surface area contributed by atoms with Crippen molar-refractivity contribution in [3.8, 4) is 0 Å². The van der Waals surface area contributed by atoms with Crippen LogP contribution in [-0.2, 0) is 0 Å². The summed E-state index contributed by atoms with van der Waals surface area (Å²) in [4.78, 5) is 0. The summed E-state index contributed by atoms with van der Waals surface area (Å²) in [5.41, 5.74) is 5.60. The molecule has 0 aliphatic heterocycles. The third kappa shape index (κ3) is 3.08. The van der Waals surface area contributed by atoms with Crippen molar-refractivity contribution in [2.24, 2.45) is 17.1 Å². The van der Waals surface area contributed by atoms with Gasteiger partial charge < -0.3 is 10.8 Å². The van der Waals surface area contributed by atoms with E-state index in [-0.39, 0.29) is 5.41 Å². The second kappa shape index (κ2) is 6.91. The molecular formula is C16H33NO. The van der Waals surface area contributed by atoms with Gasteiger partial charge in [0.25, 0.3) is 0 Å². The molecule has 18 heavy (non-hydrogen) atoms. The summed E-state index contributed by atoms with van der Waals surface area (Å²) < 4.78 is 0. The molecule has 0 aromatic heterocycles. The van der Waals surface area contributed by atoms with Crippen molar-refractivity contribution in [2.45, 2.75) is 84.2 Å². The Morgan fingerprint density at radius 1 is 1.22 bits per heavy atom. The average Bonchev–Trinajstić information content (AvgIpc) is 2.39. The summed E-state index contributed by atoms with van der Waals surface area (Å²) in [5, 5.41) is 11.2. The summed E-state index contributed by atoms with van der Waals surface area (Å²) in [6.07, 6.45) is 9.98. The molecule has 1 rings (SSSR count). The van der Waals surface area contributed by atoms with Crippen LogP contribution in [0.5, 0.6) is 0 Å². The number of hydrogen-bond acceptors (Lipinski definition) is 2. The molecule has 1 saturated carbocycles. The van der Waals surface area contributed by atoms with E-state index in [0.29, 0.717) is 6.54 Å². The molecule has 1 fully saturated rings. The lowest BCUT2D eigenvalue weighted by Crippen LogP contribution is -2.54. The normalized spacial score (nSPS) is 29.5. The third-order valence-electron chi connectivity index (χ3n) is 5.23. The van der Waals surface area contributed by atoms with Crippen molar-refractivity contribution >= 4 is 0 Å². The molecule has 3 N–H and O–H groups in total.